The number of nitrogens with one attached hydrogen (secondary N) is 2. The van der Waals surface area contributed by atoms with Crippen LogP contribution in [0, 0.1) is 13.8 Å². The molecule has 6 heteroatoms. The van der Waals surface area contributed by atoms with Crippen molar-refractivity contribution >= 4 is 5.91 Å². The molecule has 18 heavy (non-hydrogen) atoms. The Bertz CT molecular complexity index is 370. The van der Waals surface area contributed by atoms with E-state index < -0.39 is 0 Å². The molecule has 0 saturated carbocycles. The Balaban J connectivity index is 2.36. The molecule has 1 rings (SSSR count). The highest BCUT2D eigenvalue weighted by Crippen LogP contribution is 2.11. The Morgan fingerprint density at radius 2 is 2.22 bits per heavy atom. The molecule has 0 aliphatic rings. The Hall–Kier alpha value is -1.40. The zero-order chi connectivity index (χ0) is 13.5. The van der Waals surface area contributed by atoms with Crippen molar-refractivity contribution in [3.63, 3.8) is 0 Å². The van der Waals surface area contributed by atoms with Gasteiger partial charge in [0.25, 0.3) is 0 Å². The maximum Gasteiger partial charge on any atom is 0.236 e. The standard InChI is InChI=1S/C12H21N3O3/c1-8-11(10(3)18-15-8)7-14-9(2)12(16)13-5-6-17-4/h9,14H,5-7H2,1-4H3,(H,13,16). The lowest BCUT2D eigenvalue weighted by molar-refractivity contribution is -0.123. The van der Waals surface area contributed by atoms with E-state index in [1.54, 1.807) is 7.11 Å². The van der Waals surface area contributed by atoms with E-state index in [0.29, 0.717) is 19.7 Å². The van der Waals surface area contributed by atoms with Crippen molar-refractivity contribution in [2.24, 2.45) is 0 Å². The van der Waals surface area contributed by atoms with Crippen molar-refractivity contribution in [2.45, 2.75) is 33.4 Å². The number of carbonyl (C=O) groups excluding carboxylic acids is 1. The van der Waals surface area contributed by atoms with Gasteiger partial charge in [0, 0.05) is 25.8 Å². The first-order chi connectivity index (χ1) is 8.56. The molecule has 0 aliphatic heterocycles. The third-order valence-corrected chi connectivity index (χ3v) is 2.76. The molecular weight excluding hydrogens is 234 g/mol. The molecule has 1 heterocycles. The van der Waals surface area contributed by atoms with Gasteiger partial charge >= 0.3 is 0 Å². The summed E-state index contributed by atoms with van der Waals surface area (Å²) >= 11 is 0. The minimum Gasteiger partial charge on any atom is -0.383 e. The van der Waals surface area contributed by atoms with Crippen LogP contribution in [0.15, 0.2) is 4.52 Å². The minimum absolute atomic E-state index is 0.0428. The summed E-state index contributed by atoms with van der Waals surface area (Å²) < 4.78 is 9.93. The van der Waals surface area contributed by atoms with E-state index in [9.17, 15) is 4.79 Å². The van der Waals surface area contributed by atoms with Crippen LogP contribution in [0.3, 0.4) is 0 Å². The van der Waals surface area contributed by atoms with Crippen molar-refractivity contribution in [3.05, 3.63) is 17.0 Å². The molecule has 1 atom stereocenters. The van der Waals surface area contributed by atoms with E-state index >= 15 is 0 Å². The quantitative estimate of drug-likeness (QED) is 0.695. The molecule has 6 nitrogen and oxygen atoms in total. The summed E-state index contributed by atoms with van der Waals surface area (Å²) in [4.78, 5) is 11.7. The molecule has 0 bridgehead atoms. The number of carbonyl (C=O) groups is 1. The highest BCUT2D eigenvalue weighted by molar-refractivity contribution is 5.81. The second kappa shape index (κ2) is 7.13. The number of ether oxygens (including phenoxy) is 1. The number of nitrogens with zero attached hydrogens (tertiary/aromatic N) is 1. The average Bonchev–Trinajstić information content (AvgIpc) is 2.66. The van der Waals surface area contributed by atoms with Gasteiger partial charge in [0.05, 0.1) is 18.3 Å². The summed E-state index contributed by atoms with van der Waals surface area (Å²) in [7, 11) is 1.60. The zero-order valence-electron chi connectivity index (χ0n) is 11.4. The van der Waals surface area contributed by atoms with Gasteiger partial charge in [0.1, 0.15) is 5.76 Å². The van der Waals surface area contributed by atoms with Gasteiger partial charge in [-0.05, 0) is 20.8 Å². The maximum absolute atomic E-state index is 11.7. The summed E-state index contributed by atoms with van der Waals surface area (Å²) in [5.41, 5.74) is 1.86. The first-order valence-corrected chi connectivity index (χ1v) is 5.98. The second-order valence-electron chi connectivity index (χ2n) is 4.19. The van der Waals surface area contributed by atoms with Crippen molar-refractivity contribution in [1.82, 2.24) is 15.8 Å². The number of methoxy groups -OCH3 is 1. The number of amides is 1. The largest absolute Gasteiger partial charge is 0.383 e. The number of hydrogen-bond donors (Lipinski definition) is 2. The molecule has 0 saturated heterocycles. The van der Waals surface area contributed by atoms with Gasteiger partial charge in [-0.25, -0.2) is 0 Å². The minimum atomic E-state index is -0.268. The van der Waals surface area contributed by atoms with Crippen LogP contribution >= 0.6 is 0 Å². The monoisotopic (exact) mass is 255 g/mol. The summed E-state index contributed by atoms with van der Waals surface area (Å²) in [5.74, 6) is 0.741. The van der Waals surface area contributed by atoms with Crippen LogP contribution in [0.4, 0.5) is 0 Å². The van der Waals surface area contributed by atoms with Crippen molar-refractivity contribution in [2.75, 3.05) is 20.3 Å². The first kappa shape index (κ1) is 14.7. The number of rotatable bonds is 7. The summed E-state index contributed by atoms with van der Waals surface area (Å²) in [6, 6.07) is -0.268. The SMILES string of the molecule is COCCNC(=O)C(C)NCc1c(C)noc1C. The van der Waals surface area contributed by atoms with Crippen LogP contribution in [-0.4, -0.2) is 37.4 Å². The molecule has 2 N–H and O–H groups in total. The summed E-state index contributed by atoms with van der Waals surface area (Å²) in [5, 5.41) is 9.79. The fourth-order valence-electron chi connectivity index (χ4n) is 1.53. The topological polar surface area (TPSA) is 76.4 Å². The van der Waals surface area contributed by atoms with Crippen LogP contribution in [0.2, 0.25) is 0 Å². The van der Waals surface area contributed by atoms with Crippen LogP contribution in [0.25, 0.3) is 0 Å². The zero-order valence-corrected chi connectivity index (χ0v) is 11.4. The molecule has 1 unspecified atom stereocenters. The average molecular weight is 255 g/mol. The van der Waals surface area contributed by atoms with Crippen molar-refractivity contribution < 1.29 is 14.1 Å². The molecule has 1 aromatic rings. The highest BCUT2D eigenvalue weighted by atomic mass is 16.5. The molecule has 0 aromatic carbocycles. The van der Waals surface area contributed by atoms with Gasteiger partial charge in [0.2, 0.25) is 5.91 Å². The van der Waals surface area contributed by atoms with Gasteiger partial charge in [-0.15, -0.1) is 0 Å². The van der Waals surface area contributed by atoms with E-state index in [2.05, 4.69) is 15.8 Å². The molecule has 0 spiro atoms. The first-order valence-electron chi connectivity index (χ1n) is 5.98. The van der Waals surface area contributed by atoms with E-state index in [-0.39, 0.29) is 11.9 Å². The fourth-order valence-corrected chi connectivity index (χ4v) is 1.53. The van der Waals surface area contributed by atoms with Crippen LogP contribution in [0.5, 0.6) is 0 Å². The van der Waals surface area contributed by atoms with Crippen molar-refractivity contribution in [1.29, 1.82) is 0 Å². The lowest BCUT2D eigenvalue weighted by Gasteiger charge is -2.13. The third kappa shape index (κ3) is 4.12. The predicted molar refractivity (Wildman–Crippen MR) is 67.2 cm³/mol. The third-order valence-electron chi connectivity index (χ3n) is 2.76. The fraction of sp³-hybridized carbons (Fsp3) is 0.667. The second-order valence-corrected chi connectivity index (χ2v) is 4.19. The summed E-state index contributed by atoms with van der Waals surface area (Å²) in [6.07, 6.45) is 0. The maximum atomic E-state index is 11.7. The lowest BCUT2D eigenvalue weighted by Crippen LogP contribution is -2.42. The van der Waals surface area contributed by atoms with Crippen LogP contribution in [0.1, 0.15) is 23.9 Å². The highest BCUT2D eigenvalue weighted by Gasteiger charge is 2.14. The number of aryl methyl sites for hydroxylation is 2. The normalized spacial score (nSPS) is 12.4. The van der Waals surface area contributed by atoms with Crippen LogP contribution < -0.4 is 10.6 Å². The van der Waals surface area contributed by atoms with Crippen molar-refractivity contribution in [3.8, 4) is 0 Å². The summed E-state index contributed by atoms with van der Waals surface area (Å²) in [6.45, 7) is 7.17. The Kier molecular flexibility index (Phi) is 5.80. The van der Waals surface area contributed by atoms with Gasteiger partial charge in [-0.3, -0.25) is 4.79 Å². The van der Waals surface area contributed by atoms with Gasteiger partial charge in [-0.1, -0.05) is 5.16 Å². The molecule has 1 amide bonds. The smallest absolute Gasteiger partial charge is 0.236 e. The lowest BCUT2D eigenvalue weighted by atomic mass is 10.2. The van der Waals surface area contributed by atoms with E-state index in [1.165, 1.54) is 0 Å². The molecule has 0 fully saturated rings. The molecule has 102 valence electrons. The Morgan fingerprint density at radius 3 is 2.78 bits per heavy atom. The Morgan fingerprint density at radius 1 is 1.50 bits per heavy atom. The van der Waals surface area contributed by atoms with Gasteiger partial charge < -0.3 is 19.9 Å². The van der Waals surface area contributed by atoms with E-state index in [1.807, 2.05) is 20.8 Å². The van der Waals surface area contributed by atoms with Gasteiger partial charge in [-0.2, -0.15) is 0 Å². The molecule has 0 radical (unpaired) electrons. The van der Waals surface area contributed by atoms with Gasteiger partial charge in [0.15, 0.2) is 0 Å². The molecule has 1 aromatic heterocycles. The number of hydrogen-bond acceptors (Lipinski definition) is 5. The van der Waals surface area contributed by atoms with E-state index in [4.69, 9.17) is 9.26 Å². The van der Waals surface area contributed by atoms with E-state index in [0.717, 1.165) is 17.0 Å². The molecular formula is C12H21N3O3. The van der Waals surface area contributed by atoms with Crippen LogP contribution in [-0.2, 0) is 16.1 Å². The Labute approximate surface area is 107 Å². The number of aromatic nitrogens is 1. The predicted octanol–water partition coefficient (Wildman–Crippen LogP) is 0.532. The molecule has 0 aliphatic carbocycles.